The molecule has 1 aromatic heterocycles. The second-order valence-electron chi connectivity index (χ2n) is 5.04. The zero-order valence-electron chi connectivity index (χ0n) is 12.1. The number of anilines is 1. The largest absolute Gasteiger partial charge is 0.398 e. The van der Waals surface area contributed by atoms with Gasteiger partial charge in [-0.15, -0.1) is 0 Å². The lowest BCUT2D eigenvalue weighted by atomic mass is 10.2. The molecule has 0 aliphatic heterocycles. The van der Waals surface area contributed by atoms with Crippen LogP contribution in [0, 0.1) is 0 Å². The van der Waals surface area contributed by atoms with Crippen molar-refractivity contribution in [3.63, 3.8) is 0 Å². The fraction of sp³-hybridized carbons (Fsp3) is 0.267. The Morgan fingerprint density at radius 1 is 1.19 bits per heavy atom. The number of nitrogen functional groups attached to an aromatic ring is 1. The highest BCUT2D eigenvalue weighted by molar-refractivity contribution is 7.89. The molecule has 0 bridgehead atoms. The minimum Gasteiger partial charge on any atom is -0.398 e. The van der Waals surface area contributed by atoms with E-state index in [0.29, 0.717) is 6.54 Å². The molecule has 21 heavy (non-hydrogen) atoms. The Balaban J connectivity index is 2.40. The van der Waals surface area contributed by atoms with Gasteiger partial charge in [0.2, 0.25) is 10.0 Å². The third kappa shape index (κ3) is 3.40. The topological polar surface area (TPSA) is 76.3 Å². The van der Waals surface area contributed by atoms with Crippen LogP contribution in [-0.2, 0) is 16.6 Å². The van der Waals surface area contributed by atoms with E-state index in [1.54, 1.807) is 0 Å². The summed E-state index contributed by atoms with van der Waals surface area (Å²) >= 11 is 0. The Hall–Kier alpha value is -1.92. The molecule has 0 fully saturated rings. The van der Waals surface area contributed by atoms with Gasteiger partial charge in [0.05, 0.1) is 5.69 Å². The minimum absolute atomic E-state index is 0.0506. The summed E-state index contributed by atoms with van der Waals surface area (Å²) in [5, 5.41) is 0. The summed E-state index contributed by atoms with van der Waals surface area (Å²) < 4.78 is 27.0. The zero-order valence-corrected chi connectivity index (χ0v) is 12.9. The summed E-state index contributed by atoms with van der Waals surface area (Å²) in [4.78, 5) is 3.93. The van der Waals surface area contributed by atoms with Crippen LogP contribution in [0.1, 0.15) is 19.4 Å². The van der Waals surface area contributed by atoms with Crippen LogP contribution in [-0.4, -0.2) is 23.7 Å². The number of nitrogens with zero attached hydrogens (tertiary/aromatic N) is 2. The van der Waals surface area contributed by atoms with Crippen molar-refractivity contribution >= 4 is 15.7 Å². The standard InChI is InChI=1S/C15H19N3O2S/c1-12(2)18(11-13-6-4-3-5-7-13)21(19,20)15-10-17-9-8-14(15)16/h3-10,12H,11H2,1-2H3,(H2,16,17). The van der Waals surface area contributed by atoms with Crippen LogP contribution in [0.3, 0.4) is 0 Å². The molecular weight excluding hydrogens is 286 g/mol. The molecule has 1 heterocycles. The zero-order chi connectivity index (χ0) is 15.5. The van der Waals surface area contributed by atoms with Crippen LogP contribution in [0.15, 0.2) is 53.7 Å². The molecule has 2 rings (SSSR count). The smallest absolute Gasteiger partial charge is 0.247 e. The predicted molar refractivity (Wildman–Crippen MR) is 83.0 cm³/mol. The quantitative estimate of drug-likeness (QED) is 0.919. The molecule has 0 atom stereocenters. The van der Waals surface area contributed by atoms with Gasteiger partial charge in [-0.3, -0.25) is 4.98 Å². The van der Waals surface area contributed by atoms with Gasteiger partial charge in [-0.2, -0.15) is 4.31 Å². The first-order valence-electron chi connectivity index (χ1n) is 6.68. The van der Waals surface area contributed by atoms with Crippen LogP contribution in [0.5, 0.6) is 0 Å². The van der Waals surface area contributed by atoms with Gasteiger partial charge in [-0.05, 0) is 25.5 Å². The summed E-state index contributed by atoms with van der Waals surface area (Å²) in [5.41, 5.74) is 6.93. The summed E-state index contributed by atoms with van der Waals surface area (Å²) in [7, 11) is -3.68. The van der Waals surface area contributed by atoms with Gasteiger partial charge in [0.25, 0.3) is 0 Å². The van der Waals surface area contributed by atoms with Gasteiger partial charge < -0.3 is 5.73 Å². The molecule has 6 heteroatoms. The van der Waals surface area contributed by atoms with Gasteiger partial charge in [0.15, 0.2) is 0 Å². The van der Waals surface area contributed by atoms with Crippen LogP contribution in [0.4, 0.5) is 5.69 Å². The minimum atomic E-state index is -3.68. The van der Waals surface area contributed by atoms with E-state index in [0.717, 1.165) is 5.56 Å². The molecule has 2 N–H and O–H groups in total. The van der Waals surface area contributed by atoms with Crippen LogP contribution in [0.25, 0.3) is 0 Å². The summed E-state index contributed by atoms with van der Waals surface area (Å²) in [6, 6.07) is 10.8. The Bertz CT molecular complexity index is 700. The van der Waals surface area contributed by atoms with Gasteiger partial charge >= 0.3 is 0 Å². The third-order valence-electron chi connectivity index (χ3n) is 3.16. The van der Waals surface area contributed by atoms with Crippen molar-refractivity contribution in [2.75, 3.05) is 5.73 Å². The van der Waals surface area contributed by atoms with Crippen molar-refractivity contribution in [1.82, 2.24) is 9.29 Å². The first kappa shape index (κ1) is 15.5. The summed E-state index contributed by atoms with van der Waals surface area (Å²) in [6.45, 7) is 3.98. The van der Waals surface area contributed by atoms with E-state index in [9.17, 15) is 8.42 Å². The number of pyridine rings is 1. The predicted octanol–water partition coefficient (Wildman–Crippen LogP) is 2.26. The summed E-state index contributed by atoms with van der Waals surface area (Å²) in [5.74, 6) is 0. The molecule has 0 spiro atoms. The Morgan fingerprint density at radius 2 is 1.86 bits per heavy atom. The van der Waals surface area contributed by atoms with Crippen LogP contribution in [0.2, 0.25) is 0 Å². The fourth-order valence-corrected chi connectivity index (χ4v) is 3.73. The maximum Gasteiger partial charge on any atom is 0.247 e. The first-order chi connectivity index (χ1) is 9.93. The van der Waals surface area contributed by atoms with E-state index in [4.69, 9.17) is 5.73 Å². The Kier molecular flexibility index (Phi) is 4.59. The molecule has 2 aromatic rings. The molecule has 0 amide bonds. The molecule has 0 saturated heterocycles. The molecule has 0 saturated carbocycles. The molecule has 0 unspecified atom stereocenters. The highest BCUT2D eigenvalue weighted by Gasteiger charge is 2.29. The van der Waals surface area contributed by atoms with E-state index < -0.39 is 10.0 Å². The number of hydrogen-bond acceptors (Lipinski definition) is 4. The number of sulfonamides is 1. The lowest BCUT2D eigenvalue weighted by Gasteiger charge is -2.26. The molecule has 5 nitrogen and oxygen atoms in total. The average Bonchev–Trinajstić information content (AvgIpc) is 2.45. The molecular formula is C15H19N3O2S. The normalized spacial score (nSPS) is 12.0. The monoisotopic (exact) mass is 305 g/mol. The van der Waals surface area contributed by atoms with E-state index in [1.165, 1.54) is 22.8 Å². The van der Waals surface area contributed by atoms with E-state index >= 15 is 0 Å². The maximum absolute atomic E-state index is 12.8. The second kappa shape index (κ2) is 6.24. The van der Waals surface area contributed by atoms with Crippen molar-refractivity contribution in [3.05, 3.63) is 54.4 Å². The molecule has 0 radical (unpaired) electrons. The van der Waals surface area contributed by atoms with E-state index in [1.807, 2.05) is 44.2 Å². The fourth-order valence-electron chi connectivity index (χ4n) is 2.04. The van der Waals surface area contributed by atoms with Gasteiger partial charge in [-0.25, -0.2) is 8.42 Å². The number of aromatic nitrogens is 1. The molecule has 112 valence electrons. The molecule has 0 aliphatic rings. The highest BCUT2D eigenvalue weighted by atomic mass is 32.2. The highest BCUT2D eigenvalue weighted by Crippen LogP contribution is 2.24. The van der Waals surface area contributed by atoms with Gasteiger partial charge in [0.1, 0.15) is 4.90 Å². The van der Waals surface area contributed by atoms with Crippen molar-refractivity contribution in [3.8, 4) is 0 Å². The Labute approximate surface area is 125 Å². The number of rotatable bonds is 5. The van der Waals surface area contributed by atoms with Crippen LogP contribution >= 0.6 is 0 Å². The second-order valence-corrected chi connectivity index (χ2v) is 6.90. The first-order valence-corrected chi connectivity index (χ1v) is 8.12. The van der Waals surface area contributed by atoms with Crippen molar-refractivity contribution in [2.24, 2.45) is 0 Å². The molecule has 1 aromatic carbocycles. The number of hydrogen-bond donors (Lipinski definition) is 1. The van der Waals surface area contributed by atoms with Crippen LogP contribution < -0.4 is 5.73 Å². The van der Waals surface area contributed by atoms with Crippen molar-refractivity contribution in [2.45, 2.75) is 31.3 Å². The maximum atomic E-state index is 12.8. The summed E-state index contributed by atoms with van der Waals surface area (Å²) in [6.07, 6.45) is 2.77. The number of nitrogens with two attached hydrogens (primary N) is 1. The lowest BCUT2D eigenvalue weighted by molar-refractivity contribution is 0.348. The van der Waals surface area contributed by atoms with Gasteiger partial charge in [0, 0.05) is 25.0 Å². The average molecular weight is 305 g/mol. The Morgan fingerprint density at radius 3 is 2.43 bits per heavy atom. The molecule has 0 aliphatic carbocycles. The SMILES string of the molecule is CC(C)N(Cc1ccccc1)S(=O)(=O)c1cnccc1N. The van der Waals surface area contributed by atoms with E-state index in [-0.39, 0.29) is 16.6 Å². The van der Waals surface area contributed by atoms with E-state index in [2.05, 4.69) is 4.98 Å². The third-order valence-corrected chi connectivity index (χ3v) is 5.23. The number of benzene rings is 1. The van der Waals surface area contributed by atoms with Crippen molar-refractivity contribution < 1.29 is 8.42 Å². The van der Waals surface area contributed by atoms with Crippen molar-refractivity contribution in [1.29, 1.82) is 0 Å². The lowest BCUT2D eigenvalue weighted by Crippen LogP contribution is -2.36. The van der Waals surface area contributed by atoms with Gasteiger partial charge in [-0.1, -0.05) is 30.3 Å².